The Morgan fingerprint density at radius 2 is 2.24 bits per heavy atom. The van der Waals surface area contributed by atoms with Crippen LogP contribution in [0.2, 0.25) is 0 Å². The molecule has 1 rings (SSSR count). The molecule has 0 aliphatic rings. The maximum absolute atomic E-state index is 11.6. The van der Waals surface area contributed by atoms with E-state index < -0.39 is 15.9 Å². The number of nitrogens with two attached hydrogens (primary N) is 1. The molecule has 0 bridgehead atoms. The molecule has 0 fully saturated rings. The van der Waals surface area contributed by atoms with E-state index in [0.29, 0.717) is 5.69 Å². The Bertz CT molecular complexity index is 501. The van der Waals surface area contributed by atoms with E-state index in [0.717, 1.165) is 0 Å². The van der Waals surface area contributed by atoms with Crippen LogP contribution in [-0.4, -0.2) is 38.7 Å². The first-order valence-electron chi connectivity index (χ1n) is 4.85. The molecule has 17 heavy (non-hydrogen) atoms. The van der Waals surface area contributed by atoms with Gasteiger partial charge in [0.2, 0.25) is 10.0 Å². The van der Waals surface area contributed by atoms with Gasteiger partial charge in [0.25, 0.3) is 5.91 Å². The highest BCUT2D eigenvalue weighted by Crippen LogP contribution is 2.07. The molecular formula is C9H14N4O3S. The number of nitrogens with one attached hydrogen (secondary N) is 2. The molecule has 0 spiro atoms. The van der Waals surface area contributed by atoms with Gasteiger partial charge >= 0.3 is 0 Å². The Hall–Kier alpha value is -1.67. The minimum atomic E-state index is -3.32. The van der Waals surface area contributed by atoms with Gasteiger partial charge in [-0.1, -0.05) is 0 Å². The van der Waals surface area contributed by atoms with Crippen LogP contribution in [0.5, 0.6) is 0 Å². The predicted molar refractivity (Wildman–Crippen MR) is 63.8 cm³/mol. The van der Waals surface area contributed by atoms with Gasteiger partial charge in [-0.3, -0.25) is 9.78 Å². The highest BCUT2D eigenvalue weighted by atomic mass is 32.2. The molecule has 8 heteroatoms. The summed E-state index contributed by atoms with van der Waals surface area (Å²) in [7, 11) is -2.00. The van der Waals surface area contributed by atoms with Crippen LogP contribution in [0.4, 0.5) is 5.69 Å². The first-order valence-corrected chi connectivity index (χ1v) is 6.50. The second-order valence-electron chi connectivity index (χ2n) is 3.24. The van der Waals surface area contributed by atoms with Crippen molar-refractivity contribution in [3.63, 3.8) is 0 Å². The highest BCUT2D eigenvalue weighted by Gasteiger charge is 2.11. The fraction of sp³-hybridized carbons (Fsp3) is 0.333. The number of carbonyl (C=O) groups is 1. The van der Waals surface area contributed by atoms with Crippen LogP contribution >= 0.6 is 0 Å². The van der Waals surface area contributed by atoms with Gasteiger partial charge in [-0.25, -0.2) is 13.1 Å². The van der Waals surface area contributed by atoms with Crippen LogP contribution in [0, 0.1) is 0 Å². The first-order chi connectivity index (χ1) is 7.96. The van der Waals surface area contributed by atoms with Crippen molar-refractivity contribution in [3.8, 4) is 0 Å². The summed E-state index contributed by atoms with van der Waals surface area (Å²) in [4.78, 5) is 15.4. The van der Waals surface area contributed by atoms with Gasteiger partial charge in [0.05, 0.1) is 11.3 Å². The van der Waals surface area contributed by atoms with Gasteiger partial charge < -0.3 is 11.1 Å². The summed E-state index contributed by atoms with van der Waals surface area (Å²) < 4.78 is 24.3. The SMILES string of the molecule is CNS(=O)(=O)CCNC(=O)c1cnccc1N. The van der Waals surface area contributed by atoms with Crippen LogP contribution in [0.15, 0.2) is 18.5 Å². The minimum absolute atomic E-state index is 0.0103. The van der Waals surface area contributed by atoms with Crippen LogP contribution < -0.4 is 15.8 Å². The van der Waals surface area contributed by atoms with Crippen molar-refractivity contribution in [1.82, 2.24) is 15.0 Å². The smallest absolute Gasteiger partial charge is 0.254 e. The zero-order chi connectivity index (χ0) is 12.9. The molecule has 0 aliphatic carbocycles. The Morgan fingerprint density at radius 3 is 2.82 bits per heavy atom. The van der Waals surface area contributed by atoms with Gasteiger partial charge in [-0.05, 0) is 13.1 Å². The maximum Gasteiger partial charge on any atom is 0.254 e. The molecular weight excluding hydrogens is 244 g/mol. The molecule has 4 N–H and O–H groups in total. The summed E-state index contributed by atoms with van der Waals surface area (Å²) in [6, 6.07) is 1.50. The van der Waals surface area contributed by atoms with E-state index in [1.54, 1.807) is 0 Å². The average molecular weight is 258 g/mol. The number of rotatable bonds is 5. The number of carbonyl (C=O) groups excluding carboxylic acids is 1. The van der Waals surface area contributed by atoms with E-state index >= 15 is 0 Å². The molecule has 94 valence electrons. The first kappa shape index (κ1) is 13.4. The van der Waals surface area contributed by atoms with E-state index in [1.807, 2.05) is 0 Å². The third kappa shape index (κ3) is 4.00. The summed E-state index contributed by atoms with van der Waals surface area (Å²) in [5.74, 6) is -0.628. The second kappa shape index (κ2) is 5.60. The molecule has 1 aromatic heterocycles. The van der Waals surface area contributed by atoms with Gasteiger partial charge in [-0.2, -0.15) is 0 Å². The van der Waals surface area contributed by atoms with Crippen molar-refractivity contribution in [2.75, 3.05) is 25.1 Å². The Labute approximate surface area is 99.5 Å². The van der Waals surface area contributed by atoms with Gasteiger partial charge in [0, 0.05) is 24.6 Å². The van der Waals surface area contributed by atoms with Crippen LogP contribution in [0.25, 0.3) is 0 Å². The van der Waals surface area contributed by atoms with Crippen LogP contribution in [0.1, 0.15) is 10.4 Å². The lowest BCUT2D eigenvalue weighted by Crippen LogP contribution is -2.33. The zero-order valence-electron chi connectivity index (χ0n) is 9.30. The largest absolute Gasteiger partial charge is 0.398 e. The number of aromatic nitrogens is 1. The van der Waals surface area contributed by atoms with Crippen LogP contribution in [0.3, 0.4) is 0 Å². The molecule has 0 saturated carbocycles. The monoisotopic (exact) mass is 258 g/mol. The van der Waals surface area contributed by atoms with E-state index in [4.69, 9.17) is 5.73 Å². The van der Waals surface area contributed by atoms with Gasteiger partial charge in [0.15, 0.2) is 0 Å². The second-order valence-corrected chi connectivity index (χ2v) is 5.29. The molecule has 0 unspecified atom stereocenters. The summed E-state index contributed by atoms with van der Waals surface area (Å²) in [5.41, 5.74) is 6.10. The number of hydrogen-bond acceptors (Lipinski definition) is 5. The number of nitrogens with zero attached hydrogens (tertiary/aromatic N) is 1. The minimum Gasteiger partial charge on any atom is -0.398 e. The molecule has 0 aromatic carbocycles. The quantitative estimate of drug-likeness (QED) is 0.623. The molecule has 0 aliphatic heterocycles. The zero-order valence-corrected chi connectivity index (χ0v) is 10.1. The van der Waals surface area contributed by atoms with Crippen molar-refractivity contribution in [2.45, 2.75) is 0 Å². The number of amides is 1. The Morgan fingerprint density at radius 1 is 1.53 bits per heavy atom. The van der Waals surface area contributed by atoms with Crippen molar-refractivity contribution in [1.29, 1.82) is 0 Å². The number of hydrogen-bond donors (Lipinski definition) is 3. The highest BCUT2D eigenvalue weighted by molar-refractivity contribution is 7.89. The molecule has 1 aromatic rings. The topological polar surface area (TPSA) is 114 Å². The van der Waals surface area contributed by atoms with Crippen LogP contribution in [-0.2, 0) is 10.0 Å². The van der Waals surface area contributed by atoms with Crippen molar-refractivity contribution >= 4 is 21.6 Å². The standard InChI is InChI=1S/C9H14N4O3S/c1-11-17(15,16)5-4-13-9(14)7-6-12-3-2-8(7)10/h2-3,6,11H,4-5H2,1H3,(H2,10,12)(H,13,14). The van der Waals surface area contributed by atoms with Crippen molar-refractivity contribution in [3.05, 3.63) is 24.0 Å². The lowest BCUT2D eigenvalue weighted by atomic mass is 10.2. The number of pyridine rings is 1. The number of anilines is 1. The molecule has 1 amide bonds. The van der Waals surface area contributed by atoms with Gasteiger partial charge in [0.1, 0.15) is 0 Å². The third-order valence-electron chi connectivity index (χ3n) is 2.07. The Kier molecular flexibility index (Phi) is 4.41. The summed E-state index contributed by atoms with van der Waals surface area (Å²) >= 11 is 0. The molecule has 0 saturated heterocycles. The van der Waals surface area contributed by atoms with Gasteiger partial charge in [-0.15, -0.1) is 0 Å². The van der Waals surface area contributed by atoms with Crippen molar-refractivity contribution in [2.24, 2.45) is 0 Å². The summed E-state index contributed by atoms with van der Waals surface area (Å²) in [6.07, 6.45) is 2.80. The summed E-state index contributed by atoms with van der Waals surface area (Å²) in [5, 5.41) is 2.45. The molecule has 1 heterocycles. The third-order valence-corrected chi connectivity index (χ3v) is 3.43. The molecule has 7 nitrogen and oxygen atoms in total. The fourth-order valence-corrected chi connectivity index (χ4v) is 1.67. The number of sulfonamides is 1. The van der Waals surface area contributed by atoms with E-state index in [2.05, 4.69) is 15.0 Å². The van der Waals surface area contributed by atoms with Crippen molar-refractivity contribution < 1.29 is 13.2 Å². The van der Waals surface area contributed by atoms with E-state index in [-0.39, 0.29) is 17.9 Å². The lowest BCUT2D eigenvalue weighted by molar-refractivity contribution is 0.0956. The lowest BCUT2D eigenvalue weighted by Gasteiger charge is -2.06. The maximum atomic E-state index is 11.6. The predicted octanol–water partition coefficient (Wildman–Crippen LogP) is -1.06. The Balaban J connectivity index is 2.55. The average Bonchev–Trinajstić information content (AvgIpc) is 2.29. The molecule has 0 atom stereocenters. The normalized spacial score (nSPS) is 11.1. The molecule has 0 radical (unpaired) electrons. The fourth-order valence-electron chi connectivity index (χ4n) is 1.09. The van der Waals surface area contributed by atoms with E-state index in [9.17, 15) is 13.2 Å². The number of nitrogen functional groups attached to an aromatic ring is 1. The van der Waals surface area contributed by atoms with E-state index in [1.165, 1.54) is 25.5 Å². The summed E-state index contributed by atoms with van der Waals surface area (Å²) in [6.45, 7) is 0.0103.